The van der Waals surface area contributed by atoms with E-state index in [4.69, 9.17) is 26.9 Å². The number of aliphatic hydroxyl groups is 1. The van der Waals surface area contributed by atoms with Gasteiger partial charge in [0.25, 0.3) is 11.8 Å². The number of amides is 3. The van der Waals surface area contributed by atoms with E-state index in [1.165, 1.54) is 29.8 Å². The molecule has 54 heavy (non-hydrogen) atoms. The Balaban J connectivity index is 0.000000749. The Hall–Kier alpha value is -4.77. The van der Waals surface area contributed by atoms with Gasteiger partial charge in [-0.05, 0) is 37.8 Å². The highest BCUT2D eigenvalue weighted by atomic mass is 35.5. The molecular weight excluding hydrogens is 731 g/mol. The maximum Gasteiger partial charge on any atom is 0.416 e. The zero-order valence-corrected chi connectivity index (χ0v) is 33.0. The molecule has 0 bridgehead atoms. The lowest BCUT2D eigenvalue weighted by molar-refractivity contribution is -0.180. The highest BCUT2D eigenvalue weighted by Crippen LogP contribution is 2.39. The lowest BCUT2D eigenvalue weighted by Gasteiger charge is -2.55. The van der Waals surface area contributed by atoms with E-state index in [2.05, 4.69) is 39.2 Å². The Morgan fingerprint density at radius 1 is 1.15 bits per heavy atom. The van der Waals surface area contributed by atoms with Crippen molar-refractivity contribution in [3.8, 4) is 0 Å². The number of carbonyl (C=O) groups is 3. The minimum absolute atomic E-state index is 0.00258. The van der Waals surface area contributed by atoms with Crippen LogP contribution in [-0.2, 0) is 31.8 Å². The lowest BCUT2D eigenvalue weighted by Crippen LogP contribution is -2.65. The van der Waals surface area contributed by atoms with Crippen molar-refractivity contribution >= 4 is 42.3 Å². The van der Waals surface area contributed by atoms with Gasteiger partial charge in [-0.25, -0.2) is 4.99 Å². The van der Waals surface area contributed by atoms with Crippen molar-refractivity contribution in [2.45, 2.75) is 46.8 Å². The quantitative estimate of drug-likeness (QED) is 0.119. The highest BCUT2D eigenvalue weighted by Gasteiger charge is 2.49. The number of nitrogens with one attached hydrogen (secondary N) is 1. The number of nitrogens with two attached hydrogens (primary N) is 2. The number of aliphatic imine (C=N–C) groups is 2. The number of piperazine rings is 1. The fourth-order valence-corrected chi connectivity index (χ4v) is 5.84. The molecular formula is C36H55ClF3N9O5. The summed E-state index contributed by atoms with van der Waals surface area (Å²) in [6, 6.07) is 3.04. The summed E-state index contributed by atoms with van der Waals surface area (Å²) in [4.78, 5) is 49.4. The Bertz CT molecular complexity index is 1560. The maximum absolute atomic E-state index is 13.6. The second-order valence-electron chi connectivity index (χ2n) is 12.3. The summed E-state index contributed by atoms with van der Waals surface area (Å²) in [6.07, 6.45) is -3.75. The molecule has 0 aliphatic carbocycles. The second-order valence-corrected chi connectivity index (χ2v) is 12.7. The van der Waals surface area contributed by atoms with Crippen LogP contribution in [0.1, 0.15) is 45.2 Å². The summed E-state index contributed by atoms with van der Waals surface area (Å²) in [7, 11) is 4.72. The van der Waals surface area contributed by atoms with Gasteiger partial charge in [-0.1, -0.05) is 45.0 Å². The summed E-state index contributed by atoms with van der Waals surface area (Å²) in [5.41, 5.74) is 11.0. The molecule has 1 spiro atoms. The average molecular weight is 786 g/mol. The van der Waals surface area contributed by atoms with Gasteiger partial charge in [-0.15, -0.1) is 0 Å². The summed E-state index contributed by atoms with van der Waals surface area (Å²) in [6.45, 7) is 19.7. The predicted octanol–water partition coefficient (Wildman–Crippen LogP) is 3.74. The molecule has 3 heterocycles. The number of likely N-dealkylation sites (N-methyl/N-ethyl adjacent to an activating group) is 1. The molecule has 14 nitrogen and oxygen atoms in total. The number of hydrogen-bond acceptors (Lipinski definition) is 11. The van der Waals surface area contributed by atoms with E-state index >= 15 is 0 Å². The number of alkyl halides is 3. The maximum atomic E-state index is 13.6. The van der Waals surface area contributed by atoms with Gasteiger partial charge in [0.15, 0.2) is 5.76 Å². The van der Waals surface area contributed by atoms with Gasteiger partial charge in [0.05, 0.1) is 29.9 Å². The number of ether oxygens (including phenoxy) is 1. The number of nitrogens with zero attached hydrogens (tertiary/aromatic N) is 6. The predicted molar refractivity (Wildman–Crippen MR) is 205 cm³/mol. The van der Waals surface area contributed by atoms with Crippen LogP contribution in [0.15, 0.2) is 63.4 Å². The third kappa shape index (κ3) is 12.4. The molecule has 0 atom stereocenters. The first kappa shape index (κ1) is 47.3. The first-order chi connectivity index (χ1) is 25.4. The number of hydrogen-bond donors (Lipinski definition) is 4. The first-order valence-electron chi connectivity index (χ1n) is 17.3. The fraction of sp³-hybridized carbons (Fsp3) is 0.528. The molecule has 0 radical (unpaired) electrons. The van der Waals surface area contributed by atoms with Gasteiger partial charge >= 0.3 is 6.18 Å². The van der Waals surface area contributed by atoms with Gasteiger partial charge in [0.1, 0.15) is 17.2 Å². The Labute approximate surface area is 321 Å². The zero-order valence-electron chi connectivity index (χ0n) is 32.2. The summed E-state index contributed by atoms with van der Waals surface area (Å²) in [5, 5.41) is 13.1. The van der Waals surface area contributed by atoms with Gasteiger partial charge in [-0.3, -0.25) is 19.4 Å². The standard InChI is InChI=1S/C25H34ClF3N6O3.C8H12N2O.C2H6.CH3NO/c1-6-19(32-4)21(24(38)33(5)14-16-7-8-17(13-18(16)26)25(27,28)29)34-9-11-35(12-10-34)23(37)20(30)22(36)15(2)31-3;1-7(9-2)10-3-8(4-10)5-11-6-8;1-2;2-1-3/h7-8,13,32,36H,6,9-12,14,30H2,1-5H3;1-6H2;1-2H3;1H,(H2,2,3)/b21-19+,22-20+,31-15?;;;. The van der Waals surface area contributed by atoms with E-state index in [1.54, 1.807) is 14.1 Å². The third-order valence-corrected chi connectivity index (χ3v) is 9.09. The third-order valence-electron chi connectivity index (χ3n) is 8.74. The van der Waals surface area contributed by atoms with Crippen LogP contribution in [0.5, 0.6) is 0 Å². The smallest absolute Gasteiger partial charge is 0.416 e. The largest absolute Gasteiger partial charge is 0.504 e. The molecule has 302 valence electrons. The minimum atomic E-state index is -4.52. The van der Waals surface area contributed by atoms with Crippen molar-refractivity contribution in [1.82, 2.24) is 24.9 Å². The van der Waals surface area contributed by atoms with Crippen LogP contribution in [0.3, 0.4) is 0 Å². The number of carbonyl (C=O) groups excluding carboxylic acids is 3. The van der Waals surface area contributed by atoms with E-state index < -0.39 is 17.6 Å². The zero-order chi connectivity index (χ0) is 41.4. The number of allylic oxidation sites excluding steroid dienone is 2. The van der Waals surface area contributed by atoms with Crippen molar-refractivity contribution in [1.29, 1.82) is 0 Å². The van der Waals surface area contributed by atoms with E-state index in [-0.39, 0.29) is 54.1 Å². The molecule has 3 aliphatic rings. The fourth-order valence-electron chi connectivity index (χ4n) is 5.60. The van der Waals surface area contributed by atoms with Gasteiger partial charge < -0.3 is 46.2 Å². The number of likely N-dealkylation sites (tertiary alicyclic amines) is 1. The van der Waals surface area contributed by atoms with Crippen LogP contribution < -0.4 is 16.8 Å². The lowest BCUT2D eigenvalue weighted by atomic mass is 9.78. The molecule has 0 unspecified atom stereocenters. The Morgan fingerprint density at radius 3 is 2.09 bits per heavy atom. The van der Waals surface area contributed by atoms with E-state index in [0.717, 1.165) is 44.3 Å². The number of rotatable bonds is 10. The van der Waals surface area contributed by atoms with Crippen molar-refractivity contribution in [2.75, 3.05) is 73.6 Å². The molecule has 3 saturated heterocycles. The van der Waals surface area contributed by atoms with Gasteiger partial charge in [0.2, 0.25) is 6.41 Å². The monoisotopic (exact) mass is 785 g/mol. The topological polar surface area (TPSA) is 182 Å². The summed E-state index contributed by atoms with van der Waals surface area (Å²) >= 11 is 6.10. The molecule has 1 aromatic carbocycles. The van der Waals surface area contributed by atoms with Crippen LogP contribution >= 0.6 is 11.6 Å². The first-order valence-corrected chi connectivity index (χ1v) is 17.6. The molecule has 18 heteroatoms. The number of aliphatic hydroxyl groups excluding tert-OH is 1. The normalized spacial score (nSPS) is 16.9. The molecule has 3 fully saturated rings. The Morgan fingerprint density at radius 2 is 1.69 bits per heavy atom. The second kappa shape index (κ2) is 21.8. The van der Waals surface area contributed by atoms with Crippen LogP contribution in [0.4, 0.5) is 13.2 Å². The molecule has 4 rings (SSSR count). The molecule has 3 amide bonds. The average Bonchev–Trinajstić information content (AvgIpc) is 3.12. The Kier molecular flexibility index (Phi) is 19.1. The van der Waals surface area contributed by atoms with Crippen LogP contribution in [0.25, 0.3) is 0 Å². The van der Waals surface area contributed by atoms with Crippen LogP contribution in [0.2, 0.25) is 5.02 Å². The van der Waals surface area contributed by atoms with Crippen molar-refractivity contribution < 1.29 is 37.4 Å². The van der Waals surface area contributed by atoms with E-state index in [0.29, 0.717) is 41.9 Å². The van der Waals surface area contributed by atoms with E-state index in [1.807, 2.05) is 25.7 Å². The number of benzene rings is 1. The molecule has 3 aliphatic heterocycles. The van der Waals surface area contributed by atoms with Gasteiger partial charge in [-0.2, -0.15) is 13.2 Å². The SMILES string of the molecule is C=NC(=C)N1CC2(COC2)C1.CC.CC/C(NC)=C(/C(=O)N(C)Cc1ccc(C(F)(F)F)cc1Cl)N1CCN(C(=O)/C(N)=C(\O)C(C)=NC)CC1.NC=O. The number of primary amides is 1. The summed E-state index contributed by atoms with van der Waals surface area (Å²) in [5.74, 6) is -0.454. The minimum Gasteiger partial charge on any atom is -0.504 e. The molecule has 0 saturated carbocycles. The van der Waals surface area contributed by atoms with Crippen LogP contribution in [0, 0.1) is 5.41 Å². The highest BCUT2D eigenvalue weighted by molar-refractivity contribution is 6.31. The van der Waals surface area contributed by atoms with Gasteiger partial charge in [0, 0.05) is 77.7 Å². The number of halogens is 4. The molecule has 6 N–H and O–H groups in total. The van der Waals surface area contributed by atoms with Crippen LogP contribution in [-0.4, -0.2) is 129 Å². The van der Waals surface area contributed by atoms with Crippen molar-refractivity contribution in [2.24, 2.45) is 26.9 Å². The summed E-state index contributed by atoms with van der Waals surface area (Å²) < 4.78 is 44.1. The van der Waals surface area contributed by atoms with Crippen molar-refractivity contribution in [3.63, 3.8) is 0 Å². The molecule has 0 aromatic heterocycles. The van der Waals surface area contributed by atoms with E-state index in [9.17, 15) is 27.9 Å². The van der Waals surface area contributed by atoms with Crippen molar-refractivity contribution in [3.05, 3.63) is 69.6 Å². The molecule has 1 aromatic rings.